The number of rotatable bonds is 7. The monoisotopic (exact) mass is 313 g/mol. The lowest BCUT2D eigenvalue weighted by molar-refractivity contribution is 0.414. The minimum absolute atomic E-state index is 0.285. The maximum Gasteiger partial charge on any atom is 0.118 e. The zero-order chi connectivity index (χ0) is 16.0. The zero-order valence-corrected chi connectivity index (χ0v) is 14.0. The lowest BCUT2D eigenvalue weighted by atomic mass is 9.85. The highest BCUT2D eigenvalue weighted by atomic mass is 32.2. The van der Waals surface area contributed by atoms with Gasteiger partial charge in [0.2, 0.25) is 0 Å². The van der Waals surface area contributed by atoms with E-state index in [4.69, 9.17) is 10.5 Å². The largest absolute Gasteiger partial charge is 0.497 e. The van der Waals surface area contributed by atoms with Crippen LogP contribution in [0.4, 0.5) is 0 Å². The number of hydrogen-bond acceptors (Lipinski definition) is 3. The summed E-state index contributed by atoms with van der Waals surface area (Å²) in [7, 11) is 1.68. The van der Waals surface area contributed by atoms with Crippen molar-refractivity contribution in [2.75, 3.05) is 19.4 Å². The molecule has 0 spiro atoms. The molecule has 0 aliphatic carbocycles. The molecule has 116 valence electrons. The average Bonchev–Trinajstić information content (AvgIpc) is 2.57. The lowest BCUT2D eigenvalue weighted by Crippen LogP contribution is -2.26. The van der Waals surface area contributed by atoms with Crippen LogP contribution in [-0.4, -0.2) is 19.4 Å². The van der Waals surface area contributed by atoms with Crippen LogP contribution in [0.25, 0.3) is 0 Å². The Bertz CT molecular complexity index is 609. The Morgan fingerprint density at radius 2 is 1.68 bits per heavy atom. The molecule has 0 aliphatic rings. The molecule has 2 aromatic carbocycles. The Hall–Kier alpha value is -1.71. The van der Waals surface area contributed by atoms with Gasteiger partial charge in [-0.05, 0) is 30.2 Å². The number of methoxy groups -OCH3 is 1. The smallest absolute Gasteiger partial charge is 0.118 e. The molecule has 22 heavy (non-hydrogen) atoms. The summed E-state index contributed by atoms with van der Waals surface area (Å²) in [6, 6.07) is 18.7. The fraction of sp³-hybridized carbons (Fsp3) is 0.263. The van der Waals surface area contributed by atoms with E-state index in [1.807, 2.05) is 30.0 Å². The summed E-state index contributed by atoms with van der Waals surface area (Å²) in [6.07, 6.45) is 0. The van der Waals surface area contributed by atoms with E-state index >= 15 is 0 Å². The number of nitrogens with two attached hydrogens (primary N) is 1. The van der Waals surface area contributed by atoms with Crippen molar-refractivity contribution in [3.05, 3.63) is 77.9 Å². The third-order valence-corrected chi connectivity index (χ3v) is 5.41. The summed E-state index contributed by atoms with van der Waals surface area (Å²) < 4.78 is 5.00. The van der Waals surface area contributed by atoms with E-state index in [-0.39, 0.29) is 4.75 Å². The number of ether oxygens (including phenoxy) is 1. The first kappa shape index (κ1) is 16.7. The van der Waals surface area contributed by atoms with Crippen molar-refractivity contribution < 1.29 is 4.74 Å². The summed E-state index contributed by atoms with van der Waals surface area (Å²) in [4.78, 5) is 0. The van der Waals surface area contributed by atoms with Gasteiger partial charge in [-0.15, -0.1) is 11.8 Å². The molecule has 1 unspecified atom stereocenters. The van der Waals surface area contributed by atoms with Crippen LogP contribution < -0.4 is 10.5 Å². The quantitative estimate of drug-likeness (QED) is 0.778. The molecule has 0 radical (unpaired) electrons. The van der Waals surface area contributed by atoms with Crippen molar-refractivity contribution in [3.8, 4) is 5.75 Å². The predicted molar refractivity (Wildman–Crippen MR) is 96.5 cm³/mol. The van der Waals surface area contributed by atoms with Gasteiger partial charge in [0.05, 0.1) is 11.9 Å². The van der Waals surface area contributed by atoms with Crippen LogP contribution in [0.15, 0.2) is 66.7 Å². The van der Waals surface area contributed by atoms with Crippen LogP contribution >= 0.6 is 11.8 Å². The second kappa shape index (κ2) is 7.52. The van der Waals surface area contributed by atoms with Crippen molar-refractivity contribution in [1.29, 1.82) is 0 Å². The summed E-state index contributed by atoms with van der Waals surface area (Å²) >= 11 is 1.83. The van der Waals surface area contributed by atoms with Gasteiger partial charge in [-0.2, -0.15) is 0 Å². The zero-order valence-electron chi connectivity index (χ0n) is 13.2. The third-order valence-electron chi connectivity index (χ3n) is 3.71. The van der Waals surface area contributed by atoms with Gasteiger partial charge in [-0.3, -0.25) is 0 Å². The van der Waals surface area contributed by atoms with Crippen molar-refractivity contribution in [1.82, 2.24) is 0 Å². The van der Waals surface area contributed by atoms with Gasteiger partial charge in [0.1, 0.15) is 5.75 Å². The van der Waals surface area contributed by atoms with Crippen molar-refractivity contribution in [2.45, 2.75) is 11.7 Å². The lowest BCUT2D eigenvalue weighted by Gasteiger charge is -2.35. The minimum Gasteiger partial charge on any atom is -0.497 e. The van der Waals surface area contributed by atoms with E-state index in [9.17, 15) is 0 Å². The molecule has 2 rings (SSSR count). The molecule has 0 heterocycles. The fourth-order valence-corrected chi connectivity index (χ4v) is 3.94. The third kappa shape index (κ3) is 3.21. The van der Waals surface area contributed by atoms with Crippen LogP contribution in [0.1, 0.15) is 18.1 Å². The van der Waals surface area contributed by atoms with Gasteiger partial charge in [-0.1, -0.05) is 54.6 Å². The Balaban J connectivity index is 2.58. The minimum atomic E-state index is -0.285. The SMILES string of the molecule is C=C(C)C(SCCN)(c1ccccc1)c1ccc(OC)cc1. The highest BCUT2D eigenvalue weighted by molar-refractivity contribution is 8.00. The molecule has 0 fully saturated rings. The van der Waals surface area contributed by atoms with Crippen molar-refractivity contribution in [2.24, 2.45) is 5.73 Å². The second-order valence-electron chi connectivity index (χ2n) is 5.19. The molecule has 2 aromatic rings. The van der Waals surface area contributed by atoms with Crippen LogP contribution in [0.2, 0.25) is 0 Å². The summed E-state index contributed by atoms with van der Waals surface area (Å²) in [5.74, 6) is 1.73. The molecule has 0 aliphatic heterocycles. The van der Waals surface area contributed by atoms with E-state index in [1.165, 1.54) is 11.1 Å². The Morgan fingerprint density at radius 1 is 1.09 bits per heavy atom. The molecule has 3 heteroatoms. The first-order chi connectivity index (χ1) is 10.6. The molecule has 2 nitrogen and oxygen atoms in total. The van der Waals surface area contributed by atoms with Gasteiger partial charge in [-0.25, -0.2) is 0 Å². The molecule has 0 amide bonds. The Morgan fingerprint density at radius 3 is 2.18 bits per heavy atom. The number of benzene rings is 2. The number of thioether (sulfide) groups is 1. The topological polar surface area (TPSA) is 35.2 Å². The molecular formula is C19H23NOS. The van der Waals surface area contributed by atoms with E-state index in [2.05, 4.69) is 49.9 Å². The summed E-state index contributed by atoms with van der Waals surface area (Å²) in [6.45, 7) is 7.01. The van der Waals surface area contributed by atoms with Crippen molar-refractivity contribution >= 4 is 11.8 Å². The van der Waals surface area contributed by atoms with Crippen LogP contribution in [0, 0.1) is 0 Å². The molecule has 1 atom stereocenters. The first-order valence-electron chi connectivity index (χ1n) is 7.35. The molecule has 0 saturated heterocycles. The van der Waals surface area contributed by atoms with Crippen LogP contribution in [0.5, 0.6) is 5.75 Å². The second-order valence-corrected chi connectivity index (χ2v) is 6.50. The summed E-state index contributed by atoms with van der Waals surface area (Å²) in [5, 5.41) is 0. The van der Waals surface area contributed by atoms with Gasteiger partial charge in [0.25, 0.3) is 0 Å². The summed E-state index contributed by atoms with van der Waals surface area (Å²) in [5.41, 5.74) is 9.29. The van der Waals surface area contributed by atoms with Gasteiger partial charge < -0.3 is 10.5 Å². The average molecular weight is 313 g/mol. The van der Waals surface area contributed by atoms with Crippen LogP contribution in [0.3, 0.4) is 0 Å². The van der Waals surface area contributed by atoms with E-state index in [0.717, 1.165) is 17.1 Å². The molecule has 2 N–H and O–H groups in total. The molecule has 0 aromatic heterocycles. The van der Waals surface area contributed by atoms with Gasteiger partial charge in [0, 0.05) is 12.3 Å². The Labute approximate surface area is 137 Å². The van der Waals surface area contributed by atoms with E-state index in [0.29, 0.717) is 6.54 Å². The maximum absolute atomic E-state index is 5.77. The number of hydrogen-bond donors (Lipinski definition) is 1. The maximum atomic E-state index is 5.77. The highest BCUT2D eigenvalue weighted by Crippen LogP contribution is 2.48. The predicted octanol–water partition coefficient (Wildman–Crippen LogP) is 4.21. The van der Waals surface area contributed by atoms with E-state index < -0.39 is 0 Å². The molecule has 0 saturated carbocycles. The normalized spacial score (nSPS) is 13.4. The van der Waals surface area contributed by atoms with Gasteiger partial charge in [0.15, 0.2) is 0 Å². The van der Waals surface area contributed by atoms with E-state index in [1.54, 1.807) is 7.11 Å². The van der Waals surface area contributed by atoms with Crippen molar-refractivity contribution in [3.63, 3.8) is 0 Å². The standard InChI is InChI=1S/C19H23NOS/c1-15(2)19(22-14-13-20,16-7-5-4-6-8-16)17-9-11-18(21-3)12-10-17/h4-12H,1,13-14,20H2,2-3H3. The Kier molecular flexibility index (Phi) is 5.69. The highest BCUT2D eigenvalue weighted by Gasteiger charge is 2.35. The molecular weight excluding hydrogens is 290 g/mol. The fourth-order valence-electron chi connectivity index (χ4n) is 2.66. The molecule has 0 bridgehead atoms. The van der Waals surface area contributed by atoms with Crippen LogP contribution in [-0.2, 0) is 4.75 Å². The van der Waals surface area contributed by atoms with Gasteiger partial charge >= 0.3 is 0 Å². The first-order valence-corrected chi connectivity index (χ1v) is 8.33.